The van der Waals surface area contributed by atoms with Crippen LogP contribution < -0.4 is 0 Å². The Labute approximate surface area is 343 Å². The van der Waals surface area contributed by atoms with Crippen molar-refractivity contribution in [2.24, 2.45) is 0 Å². The molecule has 0 atom stereocenters. The van der Waals surface area contributed by atoms with E-state index in [1.54, 1.807) is 0 Å². The van der Waals surface area contributed by atoms with Gasteiger partial charge in [-0.3, -0.25) is 24.9 Å². The highest BCUT2D eigenvalue weighted by atomic mass is 15.0. The molecule has 12 aromatic rings. The zero-order valence-electron chi connectivity index (χ0n) is 31.9. The maximum atomic E-state index is 5.28. The third kappa shape index (κ3) is 5.69. The van der Waals surface area contributed by atoms with Gasteiger partial charge in [0.25, 0.3) is 0 Å². The van der Waals surface area contributed by atoms with Crippen LogP contribution in [-0.2, 0) is 0 Å². The van der Waals surface area contributed by atoms with Crippen LogP contribution in [0.1, 0.15) is 0 Å². The van der Waals surface area contributed by atoms with Gasteiger partial charge in [-0.1, -0.05) is 72.8 Å². The minimum absolute atomic E-state index is 0.553. The predicted molar refractivity (Wildman–Crippen MR) is 241 cm³/mol. The van der Waals surface area contributed by atoms with Gasteiger partial charge in [-0.15, -0.1) is 0 Å². The zero-order chi connectivity index (χ0) is 39.6. The van der Waals surface area contributed by atoms with Crippen LogP contribution in [0, 0.1) is 0 Å². The largest absolute Gasteiger partial charge is 0.256 e. The molecule has 0 aliphatic rings. The molecule has 6 aromatic carbocycles. The van der Waals surface area contributed by atoms with Crippen LogP contribution in [0.4, 0.5) is 0 Å². The molecule has 0 saturated carbocycles. The first-order valence-corrected chi connectivity index (χ1v) is 19.7. The van der Waals surface area contributed by atoms with Crippen molar-refractivity contribution in [3.05, 3.63) is 183 Å². The van der Waals surface area contributed by atoms with Crippen LogP contribution in [0.15, 0.2) is 183 Å². The van der Waals surface area contributed by atoms with Crippen LogP contribution in [0.2, 0.25) is 0 Å². The first-order chi connectivity index (χ1) is 29.7. The summed E-state index contributed by atoms with van der Waals surface area (Å²) in [7, 11) is 0. The van der Waals surface area contributed by atoms with E-state index in [2.05, 4.69) is 96.0 Å². The minimum Gasteiger partial charge on any atom is -0.256 e. The van der Waals surface area contributed by atoms with Crippen LogP contribution in [0.25, 0.3) is 122 Å². The second-order valence-corrected chi connectivity index (χ2v) is 14.9. The van der Waals surface area contributed by atoms with E-state index in [-0.39, 0.29) is 0 Å². The SMILES string of the molecule is c1ccc(-c2nc(-c3cc(-c4cc5cccnc5c5ncccc45)cc(-c4cc5cccnc5c5ncccc45)c3)nc(-c3ccc4cc5cccnc5cc4c3)n2)cc1. The van der Waals surface area contributed by atoms with Gasteiger partial charge in [-0.2, -0.15) is 0 Å². The summed E-state index contributed by atoms with van der Waals surface area (Å²) in [5.41, 5.74) is 11.0. The van der Waals surface area contributed by atoms with Crippen LogP contribution in [0.3, 0.4) is 0 Å². The smallest absolute Gasteiger partial charge is 0.164 e. The Balaban J connectivity index is 1.14. The van der Waals surface area contributed by atoms with Crippen molar-refractivity contribution in [1.82, 2.24) is 39.9 Å². The van der Waals surface area contributed by atoms with Gasteiger partial charge >= 0.3 is 0 Å². The zero-order valence-corrected chi connectivity index (χ0v) is 31.9. The summed E-state index contributed by atoms with van der Waals surface area (Å²) >= 11 is 0. The van der Waals surface area contributed by atoms with Gasteiger partial charge in [0.2, 0.25) is 0 Å². The van der Waals surface area contributed by atoms with Gasteiger partial charge in [0, 0.05) is 74.6 Å². The molecule has 0 saturated heterocycles. The number of benzene rings is 6. The van der Waals surface area contributed by atoms with Gasteiger partial charge in [-0.05, 0) is 112 Å². The molecule has 0 radical (unpaired) electrons. The highest BCUT2D eigenvalue weighted by Gasteiger charge is 2.19. The van der Waals surface area contributed by atoms with Gasteiger partial charge in [0.1, 0.15) is 0 Å². The van der Waals surface area contributed by atoms with E-state index in [4.69, 9.17) is 34.9 Å². The van der Waals surface area contributed by atoms with E-state index in [1.807, 2.05) is 91.6 Å². The third-order valence-corrected chi connectivity index (χ3v) is 11.2. The van der Waals surface area contributed by atoms with E-state index in [1.165, 1.54) is 0 Å². The maximum absolute atomic E-state index is 5.28. The second-order valence-electron chi connectivity index (χ2n) is 14.9. The number of fused-ring (bicyclic) bond motifs is 8. The predicted octanol–water partition coefficient (Wildman–Crippen LogP) is 12.1. The van der Waals surface area contributed by atoms with Crippen molar-refractivity contribution in [3.8, 4) is 56.4 Å². The molecular formula is C52H30N8. The molecule has 60 heavy (non-hydrogen) atoms. The van der Waals surface area contributed by atoms with Crippen LogP contribution >= 0.6 is 0 Å². The van der Waals surface area contributed by atoms with E-state index in [9.17, 15) is 0 Å². The first kappa shape index (κ1) is 33.7. The van der Waals surface area contributed by atoms with Crippen LogP contribution in [0.5, 0.6) is 0 Å². The molecule has 0 amide bonds. The highest BCUT2D eigenvalue weighted by molar-refractivity contribution is 6.13. The molecule has 6 heterocycles. The summed E-state index contributed by atoms with van der Waals surface area (Å²) in [6, 6.07) is 52.1. The van der Waals surface area contributed by atoms with Crippen LogP contribution in [-0.4, -0.2) is 39.9 Å². The average Bonchev–Trinajstić information content (AvgIpc) is 3.32. The molecule has 8 nitrogen and oxygen atoms in total. The van der Waals surface area contributed by atoms with Gasteiger partial charge in [0.05, 0.1) is 27.6 Å². The molecule has 0 aliphatic carbocycles. The lowest BCUT2D eigenvalue weighted by Crippen LogP contribution is -2.01. The van der Waals surface area contributed by atoms with Crippen molar-refractivity contribution < 1.29 is 0 Å². The first-order valence-electron chi connectivity index (χ1n) is 19.7. The fraction of sp³-hybridized carbons (Fsp3) is 0. The Bertz CT molecular complexity index is 3540. The summed E-state index contributed by atoms with van der Waals surface area (Å²) in [4.78, 5) is 39.4. The fourth-order valence-corrected chi connectivity index (χ4v) is 8.41. The van der Waals surface area contributed by atoms with Crippen molar-refractivity contribution in [3.63, 3.8) is 0 Å². The lowest BCUT2D eigenvalue weighted by molar-refractivity contribution is 1.07. The monoisotopic (exact) mass is 766 g/mol. The molecule has 8 heteroatoms. The lowest BCUT2D eigenvalue weighted by atomic mass is 9.91. The molecule has 0 fully saturated rings. The minimum atomic E-state index is 0.553. The van der Waals surface area contributed by atoms with E-state index < -0.39 is 0 Å². The fourth-order valence-electron chi connectivity index (χ4n) is 8.41. The third-order valence-electron chi connectivity index (χ3n) is 11.2. The molecule has 6 aromatic heterocycles. The normalized spacial score (nSPS) is 11.7. The summed E-state index contributed by atoms with van der Waals surface area (Å²) in [5, 5.41) is 7.29. The maximum Gasteiger partial charge on any atom is 0.164 e. The van der Waals surface area contributed by atoms with Crippen molar-refractivity contribution in [2.45, 2.75) is 0 Å². The number of nitrogens with zero attached hydrogens (tertiary/aromatic N) is 8. The molecule has 0 spiro atoms. The van der Waals surface area contributed by atoms with E-state index >= 15 is 0 Å². The van der Waals surface area contributed by atoms with Gasteiger partial charge < -0.3 is 0 Å². The Morgan fingerprint density at radius 1 is 0.267 bits per heavy atom. The quantitative estimate of drug-likeness (QED) is 0.126. The van der Waals surface area contributed by atoms with Crippen molar-refractivity contribution >= 4 is 65.3 Å². The summed E-state index contributed by atoms with van der Waals surface area (Å²) in [6.07, 6.45) is 9.12. The highest BCUT2D eigenvalue weighted by Crippen LogP contribution is 2.41. The Morgan fingerprint density at radius 3 is 1.42 bits per heavy atom. The Morgan fingerprint density at radius 2 is 0.783 bits per heavy atom. The molecule has 0 aliphatic heterocycles. The van der Waals surface area contributed by atoms with Gasteiger partial charge in [0.15, 0.2) is 17.5 Å². The van der Waals surface area contributed by atoms with Crippen molar-refractivity contribution in [1.29, 1.82) is 0 Å². The summed E-state index contributed by atoms with van der Waals surface area (Å²) in [6.45, 7) is 0. The molecule has 0 N–H and O–H groups in total. The van der Waals surface area contributed by atoms with E-state index in [0.29, 0.717) is 17.5 Å². The topological polar surface area (TPSA) is 103 Å². The molecule has 0 bridgehead atoms. The average molecular weight is 767 g/mol. The van der Waals surface area contributed by atoms with Crippen molar-refractivity contribution in [2.75, 3.05) is 0 Å². The summed E-state index contributed by atoms with van der Waals surface area (Å²) in [5.74, 6) is 1.71. The number of aromatic nitrogens is 8. The number of hydrogen-bond donors (Lipinski definition) is 0. The second kappa shape index (κ2) is 13.6. The molecule has 0 unspecified atom stereocenters. The molecule has 12 rings (SSSR count). The number of pyridine rings is 5. The van der Waals surface area contributed by atoms with E-state index in [0.717, 1.165) is 104 Å². The number of rotatable bonds is 5. The summed E-state index contributed by atoms with van der Waals surface area (Å²) < 4.78 is 0. The van der Waals surface area contributed by atoms with Gasteiger partial charge in [-0.25, -0.2) is 15.0 Å². The standard InChI is InChI=1S/C52H30N8/c1-2-9-31(10-3-1)50-58-51(36-17-16-32-23-33-11-4-18-53-45(33)30-37(32)24-36)60-52(59-50)40-26-38(43-28-34-12-5-19-54-46(34)48-41(43)14-7-21-56-48)25-39(27-40)44-29-35-13-6-20-55-47(35)49-42(44)15-8-22-57-49/h1-30H. The molecular weight excluding hydrogens is 737 g/mol. The molecule has 278 valence electrons. The Hall–Kier alpha value is -8.36. The Kier molecular flexibility index (Phi) is 7.67. The lowest BCUT2D eigenvalue weighted by Gasteiger charge is -2.16. The number of hydrogen-bond acceptors (Lipinski definition) is 8.